The molecule has 1 saturated carbocycles. The number of rotatable bonds is 7. The molecule has 2 fully saturated rings. The minimum atomic E-state index is -5.29. The summed E-state index contributed by atoms with van der Waals surface area (Å²) in [5, 5.41) is 6.43. The van der Waals surface area contributed by atoms with Crippen LogP contribution in [0.4, 0.5) is 0 Å². The Morgan fingerprint density at radius 1 is 1.42 bits per heavy atom. The van der Waals surface area contributed by atoms with Crippen LogP contribution in [0.2, 0.25) is 0 Å². The first kappa shape index (κ1) is 18.2. The van der Waals surface area contributed by atoms with Gasteiger partial charge in [0.05, 0.1) is 0 Å². The summed E-state index contributed by atoms with van der Waals surface area (Å²) >= 11 is 0. The SMILES string of the molecule is NCC(=O)C12CC[C@@]1([P@](O)C(O)(Cn1ccnc1)[PH](O)(O)O)OO2. The van der Waals surface area contributed by atoms with Crippen LogP contribution in [0.5, 0.6) is 0 Å². The van der Waals surface area contributed by atoms with Crippen molar-refractivity contribution >= 4 is 21.9 Å². The number of nitrogens with zero attached hydrogens (tertiary/aromatic N) is 2. The molecule has 1 aromatic rings. The van der Waals surface area contributed by atoms with Crippen molar-refractivity contribution in [3.63, 3.8) is 0 Å². The summed E-state index contributed by atoms with van der Waals surface area (Å²) in [7, 11) is -8.11. The Morgan fingerprint density at radius 3 is 2.50 bits per heavy atom. The van der Waals surface area contributed by atoms with Crippen molar-refractivity contribution in [3.8, 4) is 0 Å². The molecule has 0 aromatic carbocycles. The number of ketones is 1. The average Bonchev–Trinajstić information content (AvgIpc) is 3.01. The molecule has 7 N–H and O–H groups in total. The van der Waals surface area contributed by atoms with Gasteiger partial charge in [0.25, 0.3) is 0 Å². The van der Waals surface area contributed by atoms with E-state index in [-0.39, 0.29) is 19.4 Å². The van der Waals surface area contributed by atoms with E-state index >= 15 is 0 Å². The molecule has 4 atom stereocenters. The van der Waals surface area contributed by atoms with Gasteiger partial charge in [0.15, 0.2) is 0 Å². The first-order chi connectivity index (χ1) is 11.1. The van der Waals surface area contributed by atoms with Crippen molar-refractivity contribution in [3.05, 3.63) is 18.7 Å². The molecule has 13 heteroatoms. The molecule has 2 heterocycles. The Kier molecular flexibility index (Phi) is 4.34. The van der Waals surface area contributed by atoms with Crippen molar-refractivity contribution in [2.24, 2.45) is 5.73 Å². The molecular formula is C11H19N3O8P2. The second kappa shape index (κ2) is 5.72. The van der Waals surface area contributed by atoms with Gasteiger partial charge in [-0.3, -0.25) is 0 Å². The minimum absolute atomic E-state index is 0.137. The number of hydrogen-bond donors (Lipinski definition) is 6. The van der Waals surface area contributed by atoms with Gasteiger partial charge >= 0.3 is 137 Å². The normalized spacial score (nSPS) is 33.6. The van der Waals surface area contributed by atoms with Crippen LogP contribution in [0, 0.1) is 0 Å². The fraction of sp³-hybridized carbons (Fsp3) is 0.636. The van der Waals surface area contributed by atoms with E-state index in [2.05, 4.69) is 4.98 Å². The summed E-state index contributed by atoms with van der Waals surface area (Å²) in [6, 6.07) is 0. The van der Waals surface area contributed by atoms with Gasteiger partial charge in [-0.05, 0) is 0 Å². The standard InChI is InChI=1S/C11H19N3O8P2/c12-5-8(15)9-1-2-10(9,22-21-9)23(17)11(16,24(18,19)20)6-14-4-3-13-7-14/h3-4,7,16-20,24H,1-2,5-6,12H2/t9?,10-,11?,23-/m0/s1. The number of nitrogens with two attached hydrogens (primary N) is 1. The molecule has 2 unspecified atom stereocenters. The number of fused-ring (bicyclic) bond motifs is 1. The Morgan fingerprint density at radius 2 is 2.12 bits per heavy atom. The van der Waals surface area contributed by atoms with E-state index in [1.807, 2.05) is 0 Å². The van der Waals surface area contributed by atoms with E-state index in [0.717, 1.165) is 0 Å². The van der Waals surface area contributed by atoms with E-state index < -0.39 is 44.4 Å². The third kappa shape index (κ3) is 2.22. The van der Waals surface area contributed by atoms with Gasteiger partial charge < -0.3 is 0 Å². The molecule has 11 nitrogen and oxygen atoms in total. The maximum absolute atomic E-state index is 12.1. The van der Waals surface area contributed by atoms with E-state index in [1.54, 1.807) is 0 Å². The molecule has 1 aliphatic carbocycles. The Labute approximate surface area is 138 Å². The predicted molar refractivity (Wildman–Crippen MR) is 82.2 cm³/mol. The molecule has 3 rings (SSSR count). The second-order valence-corrected chi connectivity index (χ2v) is 10.5. The molecule has 1 aliphatic heterocycles. The van der Waals surface area contributed by atoms with Crippen LogP contribution in [0.15, 0.2) is 18.7 Å². The molecule has 0 radical (unpaired) electrons. The Hall–Kier alpha value is -0.580. The van der Waals surface area contributed by atoms with Crippen LogP contribution < -0.4 is 5.73 Å². The van der Waals surface area contributed by atoms with E-state index in [0.29, 0.717) is 0 Å². The Bertz CT molecular complexity index is 628. The summed E-state index contributed by atoms with van der Waals surface area (Å²) < 4.78 is 1.26. The number of aliphatic hydroxyl groups is 1. The van der Waals surface area contributed by atoms with Crippen molar-refractivity contribution in [2.45, 2.75) is 35.4 Å². The van der Waals surface area contributed by atoms with Crippen LogP contribution in [0.25, 0.3) is 0 Å². The van der Waals surface area contributed by atoms with Crippen molar-refractivity contribution in [1.29, 1.82) is 0 Å². The molecule has 1 saturated heterocycles. The Balaban J connectivity index is 1.96. The fourth-order valence-corrected chi connectivity index (χ4v) is 7.03. The molecule has 2 aliphatic rings. The van der Waals surface area contributed by atoms with Crippen LogP contribution in [-0.2, 0) is 21.1 Å². The molecule has 0 bridgehead atoms. The van der Waals surface area contributed by atoms with Crippen LogP contribution in [0.3, 0.4) is 0 Å². The number of carbonyl (C=O) groups excluding carboxylic acids is 1. The number of carbonyl (C=O) groups is 1. The number of Topliss-reactive ketones (excluding diaryl/α,β-unsaturated/α-hetero) is 1. The van der Waals surface area contributed by atoms with Gasteiger partial charge in [-0.1, -0.05) is 0 Å². The first-order valence-electron chi connectivity index (χ1n) is 7.08. The van der Waals surface area contributed by atoms with Gasteiger partial charge in [-0.2, -0.15) is 0 Å². The van der Waals surface area contributed by atoms with Crippen molar-refractivity contribution < 1.29 is 39.2 Å². The zero-order chi connectivity index (χ0) is 17.8. The molecule has 24 heavy (non-hydrogen) atoms. The first-order valence-corrected chi connectivity index (χ1v) is 10.2. The molecule has 0 spiro atoms. The quantitative estimate of drug-likeness (QED) is 0.230. The van der Waals surface area contributed by atoms with Crippen LogP contribution in [0.1, 0.15) is 12.8 Å². The molecule has 0 amide bonds. The number of imidazole rings is 1. The average molecular weight is 383 g/mol. The third-order valence-corrected chi connectivity index (χ3v) is 9.55. The fourth-order valence-electron chi connectivity index (χ4n) is 3.02. The summed E-state index contributed by atoms with van der Waals surface area (Å²) in [6.07, 6.45) is 4.40. The predicted octanol–water partition coefficient (Wildman–Crippen LogP) is -1.89. The molecule has 1 aromatic heterocycles. The maximum atomic E-state index is 12.1. The van der Waals surface area contributed by atoms with Gasteiger partial charge in [0, 0.05) is 0 Å². The van der Waals surface area contributed by atoms with Gasteiger partial charge in [0.1, 0.15) is 0 Å². The van der Waals surface area contributed by atoms with Gasteiger partial charge in [0.2, 0.25) is 0 Å². The number of hydrogen-bond acceptors (Lipinski definition) is 10. The summed E-state index contributed by atoms with van der Waals surface area (Å²) in [5.74, 6) is -0.535. The van der Waals surface area contributed by atoms with Gasteiger partial charge in [-0.15, -0.1) is 0 Å². The monoisotopic (exact) mass is 383 g/mol. The zero-order valence-electron chi connectivity index (χ0n) is 12.4. The van der Waals surface area contributed by atoms with Crippen LogP contribution in [-0.4, -0.2) is 62.6 Å². The van der Waals surface area contributed by atoms with E-state index in [4.69, 9.17) is 15.5 Å². The van der Waals surface area contributed by atoms with E-state index in [9.17, 15) is 29.5 Å². The van der Waals surface area contributed by atoms with Gasteiger partial charge in [-0.25, -0.2) is 0 Å². The summed E-state index contributed by atoms with van der Waals surface area (Å²) in [4.78, 5) is 65.8. The summed E-state index contributed by atoms with van der Waals surface area (Å²) in [6.45, 7) is -0.920. The number of aromatic nitrogens is 2. The second-order valence-electron chi connectivity index (χ2n) is 5.90. The van der Waals surface area contributed by atoms with Crippen LogP contribution >= 0.6 is 16.1 Å². The third-order valence-electron chi connectivity index (χ3n) is 4.60. The van der Waals surface area contributed by atoms with Crippen molar-refractivity contribution in [2.75, 3.05) is 6.54 Å². The summed E-state index contributed by atoms with van der Waals surface area (Å²) in [5.41, 5.74) is 3.82. The zero-order valence-corrected chi connectivity index (χ0v) is 14.3. The van der Waals surface area contributed by atoms with Crippen molar-refractivity contribution in [1.82, 2.24) is 9.55 Å². The molecular weight excluding hydrogens is 364 g/mol. The molecule has 136 valence electrons. The topological polar surface area (TPSA) is 181 Å². The van der Waals surface area contributed by atoms with E-state index in [1.165, 1.54) is 23.3 Å².